The highest BCUT2D eigenvalue weighted by atomic mass is 79.9. The van der Waals surface area contributed by atoms with Gasteiger partial charge in [-0.1, -0.05) is 48.7 Å². The van der Waals surface area contributed by atoms with Crippen LogP contribution in [0.15, 0.2) is 22.7 Å². The highest BCUT2D eigenvalue weighted by Crippen LogP contribution is 2.30. The van der Waals surface area contributed by atoms with Crippen molar-refractivity contribution in [1.29, 1.82) is 0 Å². The molecule has 0 saturated heterocycles. The lowest BCUT2D eigenvalue weighted by Crippen LogP contribution is -2.40. The number of hydrogen-bond donors (Lipinski definition) is 2. The fourth-order valence-corrected chi connectivity index (χ4v) is 3.45. The van der Waals surface area contributed by atoms with Gasteiger partial charge >= 0.3 is 5.97 Å². The molecule has 0 heterocycles. The molecule has 0 amide bonds. The molecule has 1 aromatic carbocycles. The van der Waals surface area contributed by atoms with E-state index in [4.69, 9.17) is 5.11 Å². The molecule has 3 unspecified atom stereocenters. The van der Waals surface area contributed by atoms with Crippen LogP contribution in [0, 0.1) is 11.8 Å². The first-order valence-corrected chi connectivity index (χ1v) is 8.03. The van der Waals surface area contributed by atoms with Crippen LogP contribution in [0.4, 0.5) is 0 Å². The van der Waals surface area contributed by atoms with Crippen molar-refractivity contribution in [3.63, 3.8) is 0 Å². The first kappa shape index (κ1) is 15.5. The molecule has 3 nitrogen and oxygen atoms in total. The first-order chi connectivity index (χ1) is 9.49. The topological polar surface area (TPSA) is 49.3 Å². The van der Waals surface area contributed by atoms with Crippen LogP contribution >= 0.6 is 15.9 Å². The summed E-state index contributed by atoms with van der Waals surface area (Å²) in [6.45, 7) is 5.43. The molecule has 0 bridgehead atoms. The predicted octanol–water partition coefficient (Wildman–Crippen LogP) is 4.06. The van der Waals surface area contributed by atoms with E-state index >= 15 is 0 Å². The molecule has 0 aromatic heterocycles. The van der Waals surface area contributed by atoms with E-state index in [1.54, 1.807) is 12.1 Å². The van der Waals surface area contributed by atoms with Crippen molar-refractivity contribution in [3.05, 3.63) is 33.8 Å². The SMILES string of the molecule is CC1CCCC(NCc2ccc(C(=O)O)cc2Br)C1C. The number of rotatable bonds is 4. The Balaban J connectivity index is 1.98. The largest absolute Gasteiger partial charge is 0.478 e. The van der Waals surface area contributed by atoms with Crippen molar-refractivity contribution >= 4 is 21.9 Å². The molecule has 1 saturated carbocycles. The zero-order valence-electron chi connectivity index (χ0n) is 12.0. The van der Waals surface area contributed by atoms with Crippen LogP contribution in [-0.2, 0) is 6.54 Å². The second-order valence-electron chi connectivity index (χ2n) is 5.87. The van der Waals surface area contributed by atoms with Crippen LogP contribution in [0.25, 0.3) is 0 Å². The minimum Gasteiger partial charge on any atom is -0.478 e. The highest BCUT2D eigenvalue weighted by Gasteiger charge is 2.26. The van der Waals surface area contributed by atoms with Crippen molar-refractivity contribution in [2.45, 2.75) is 45.7 Å². The van der Waals surface area contributed by atoms with Gasteiger partial charge in [-0.05, 0) is 36.0 Å². The molecule has 2 N–H and O–H groups in total. The lowest BCUT2D eigenvalue weighted by molar-refractivity contribution is 0.0697. The number of carboxylic acids is 1. The van der Waals surface area contributed by atoms with Gasteiger partial charge in [-0.2, -0.15) is 0 Å². The van der Waals surface area contributed by atoms with Crippen LogP contribution < -0.4 is 5.32 Å². The van der Waals surface area contributed by atoms with Crippen molar-refractivity contribution in [1.82, 2.24) is 5.32 Å². The van der Waals surface area contributed by atoms with Gasteiger partial charge in [-0.25, -0.2) is 4.79 Å². The molecule has 3 atom stereocenters. The predicted molar refractivity (Wildman–Crippen MR) is 83.9 cm³/mol. The fraction of sp³-hybridized carbons (Fsp3) is 0.562. The van der Waals surface area contributed by atoms with Crippen LogP contribution in [0.5, 0.6) is 0 Å². The molecular formula is C16H22BrNO2. The highest BCUT2D eigenvalue weighted by molar-refractivity contribution is 9.10. The maximum atomic E-state index is 10.9. The maximum Gasteiger partial charge on any atom is 0.335 e. The zero-order valence-corrected chi connectivity index (χ0v) is 13.6. The minimum absolute atomic E-state index is 0.320. The van der Waals surface area contributed by atoms with Gasteiger partial charge in [0.05, 0.1) is 5.56 Å². The molecule has 110 valence electrons. The third-order valence-electron chi connectivity index (χ3n) is 4.56. The van der Waals surface area contributed by atoms with E-state index < -0.39 is 5.97 Å². The number of halogens is 1. The monoisotopic (exact) mass is 339 g/mol. The zero-order chi connectivity index (χ0) is 14.7. The van der Waals surface area contributed by atoms with Crippen LogP contribution in [-0.4, -0.2) is 17.1 Å². The number of aromatic carboxylic acids is 1. The molecule has 1 aliphatic carbocycles. The third kappa shape index (κ3) is 3.61. The molecule has 2 rings (SSSR count). The van der Waals surface area contributed by atoms with Gasteiger partial charge in [-0.15, -0.1) is 0 Å². The van der Waals surface area contributed by atoms with E-state index in [1.807, 2.05) is 6.07 Å². The summed E-state index contributed by atoms with van der Waals surface area (Å²) in [6, 6.07) is 5.78. The minimum atomic E-state index is -0.889. The smallest absolute Gasteiger partial charge is 0.335 e. The normalized spacial score (nSPS) is 26.4. The van der Waals surface area contributed by atoms with Gasteiger partial charge in [0.2, 0.25) is 0 Å². The molecular weight excluding hydrogens is 318 g/mol. The van der Waals surface area contributed by atoms with E-state index in [9.17, 15) is 4.79 Å². The lowest BCUT2D eigenvalue weighted by Gasteiger charge is -2.35. The number of hydrogen-bond acceptors (Lipinski definition) is 2. The Labute approximate surface area is 128 Å². The van der Waals surface area contributed by atoms with Crippen molar-refractivity contribution in [2.75, 3.05) is 0 Å². The molecule has 1 aromatic rings. The van der Waals surface area contributed by atoms with Gasteiger partial charge < -0.3 is 10.4 Å². The quantitative estimate of drug-likeness (QED) is 0.869. The van der Waals surface area contributed by atoms with Gasteiger partial charge in [0.15, 0.2) is 0 Å². The van der Waals surface area contributed by atoms with Crippen molar-refractivity contribution < 1.29 is 9.90 Å². The van der Waals surface area contributed by atoms with Gasteiger partial charge in [0.1, 0.15) is 0 Å². The summed E-state index contributed by atoms with van der Waals surface area (Å²) in [7, 11) is 0. The van der Waals surface area contributed by atoms with E-state index in [0.29, 0.717) is 17.5 Å². The number of carbonyl (C=O) groups is 1. The molecule has 4 heteroatoms. The number of carboxylic acid groups (broad SMARTS) is 1. The standard InChI is InChI=1S/C16H22BrNO2/c1-10-4-3-5-15(11(10)2)18-9-13-7-6-12(16(19)20)8-14(13)17/h6-8,10-11,15,18H,3-5,9H2,1-2H3,(H,19,20). The summed E-state index contributed by atoms with van der Waals surface area (Å²) in [5.74, 6) is 0.583. The average molecular weight is 340 g/mol. The second kappa shape index (κ2) is 6.72. The van der Waals surface area contributed by atoms with Gasteiger partial charge in [0.25, 0.3) is 0 Å². The van der Waals surface area contributed by atoms with Gasteiger partial charge in [-0.3, -0.25) is 0 Å². The maximum absolute atomic E-state index is 10.9. The first-order valence-electron chi connectivity index (χ1n) is 7.24. The lowest BCUT2D eigenvalue weighted by atomic mass is 9.78. The van der Waals surface area contributed by atoms with Crippen molar-refractivity contribution in [3.8, 4) is 0 Å². The summed E-state index contributed by atoms with van der Waals surface area (Å²) < 4.78 is 0.862. The molecule has 20 heavy (non-hydrogen) atoms. The van der Waals surface area contributed by atoms with Crippen LogP contribution in [0.1, 0.15) is 49.0 Å². The fourth-order valence-electron chi connectivity index (χ4n) is 2.93. The Bertz CT molecular complexity index is 489. The van der Waals surface area contributed by atoms with Crippen LogP contribution in [0.2, 0.25) is 0 Å². The molecule has 1 aliphatic rings. The Morgan fingerprint density at radius 1 is 1.40 bits per heavy atom. The van der Waals surface area contributed by atoms with E-state index in [2.05, 4.69) is 35.1 Å². The summed E-state index contributed by atoms with van der Waals surface area (Å²) in [5.41, 5.74) is 1.43. The molecule has 1 fully saturated rings. The Morgan fingerprint density at radius 2 is 2.15 bits per heavy atom. The van der Waals surface area contributed by atoms with E-state index in [0.717, 1.165) is 22.5 Å². The van der Waals surface area contributed by atoms with E-state index in [-0.39, 0.29) is 0 Å². The van der Waals surface area contributed by atoms with Crippen LogP contribution in [0.3, 0.4) is 0 Å². The second-order valence-corrected chi connectivity index (χ2v) is 6.72. The summed E-state index contributed by atoms with van der Waals surface area (Å²) in [6.07, 6.45) is 3.86. The average Bonchev–Trinajstić information content (AvgIpc) is 2.41. The Morgan fingerprint density at radius 3 is 2.80 bits per heavy atom. The van der Waals surface area contributed by atoms with Gasteiger partial charge in [0, 0.05) is 17.1 Å². The number of nitrogens with one attached hydrogen (secondary N) is 1. The molecule has 0 radical (unpaired) electrons. The Hall–Kier alpha value is -0.870. The summed E-state index contributed by atoms with van der Waals surface area (Å²) in [5, 5.41) is 12.6. The Kier molecular flexibility index (Phi) is 5.22. The van der Waals surface area contributed by atoms with E-state index in [1.165, 1.54) is 19.3 Å². The number of benzene rings is 1. The van der Waals surface area contributed by atoms with Crippen molar-refractivity contribution in [2.24, 2.45) is 11.8 Å². The summed E-state index contributed by atoms with van der Waals surface area (Å²) >= 11 is 3.46. The third-order valence-corrected chi connectivity index (χ3v) is 5.30. The summed E-state index contributed by atoms with van der Waals surface area (Å²) in [4.78, 5) is 10.9. The molecule has 0 aliphatic heterocycles. The molecule has 0 spiro atoms.